The van der Waals surface area contributed by atoms with E-state index in [9.17, 15) is 22.8 Å². The van der Waals surface area contributed by atoms with Gasteiger partial charge in [0.05, 0.1) is 11.9 Å². The number of carbonyl (C=O) groups excluding carboxylic acids is 2. The van der Waals surface area contributed by atoms with Crippen LogP contribution >= 0.6 is 0 Å². The zero-order valence-electron chi connectivity index (χ0n) is 16.2. The number of hydrogen-bond donors (Lipinski definition) is 2. The van der Waals surface area contributed by atoms with E-state index in [4.69, 9.17) is 0 Å². The first-order chi connectivity index (χ1) is 13.5. The van der Waals surface area contributed by atoms with Crippen molar-refractivity contribution < 1.29 is 27.5 Å². The Hall–Kier alpha value is -3.10. The predicted octanol–water partition coefficient (Wildman–Crippen LogP) is 3.72. The molecular formula is C20H22F3N3O3. The standard InChI is InChI=1S/C20H22F3N3O3/c1-12(2)17(26-18(27)14-6-4-13(3)5-7-14)19(28)25-15-8-9-16(24-10-15)29-11-20(21,22)23/h4-10,12,17H,11H2,1-3H3,(H,25,28)(H,26,27). The molecule has 2 amide bonds. The Labute approximate surface area is 166 Å². The predicted molar refractivity (Wildman–Crippen MR) is 102 cm³/mol. The van der Waals surface area contributed by atoms with E-state index < -0.39 is 24.7 Å². The second-order valence-corrected chi connectivity index (χ2v) is 6.84. The van der Waals surface area contributed by atoms with Gasteiger partial charge in [-0.1, -0.05) is 31.5 Å². The third-order valence-electron chi connectivity index (χ3n) is 3.94. The van der Waals surface area contributed by atoms with Crippen LogP contribution in [0.3, 0.4) is 0 Å². The molecular weight excluding hydrogens is 387 g/mol. The van der Waals surface area contributed by atoms with Crippen LogP contribution in [0, 0.1) is 12.8 Å². The Morgan fingerprint density at radius 2 is 1.76 bits per heavy atom. The van der Waals surface area contributed by atoms with Crippen molar-refractivity contribution in [2.24, 2.45) is 5.92 Å². The number of benzene rings is 1. The summed E-state index contributed by atoms with van der Waals surface area (Å²) in [5.41, 5.74) is 1.71. The quantitative estimate of drug-likeness (QED) is 0.730. The van der Waals surface area contributed by atoms with E-state index in [-0.39, 0.29) is 23.4 Å². The van der Waals surface area contributed by atoms with Crippen LogP contribution in [0.1, 0.15) is 29.8 Å². The fraction of sp³-hybridized carbons (Fsp3) is 0.350. The molecule has 2 aromatic rings. The number of anilines is 1. The highest BCUT2D eigenvalue weighted by Crippen LogP contribution is 2.18. The third-order valence-corrected chi connectivity index (χ3v) is 3.94. The van der Waals surface area contributed by atoms with Gasteiger partial charge in [-0.2, -0.15) is 13.2 Å². The number of amides is 2. The van der Waals surface area contributed by atoms with Crippen molar-refractivity contribution >= 4 is 17.5 Å². The summed E-state index contributed by atoms with van der Waals surface area (Å²) in [7, 11) is 0. The van der Waals surface area contributed by atoms with E-state index >= 15 is 0 Å². The van der Waals surface area contributed by atoms with Crippen molar-refractivity contribution in [2.75, 3.05) is 11.9 Å². The zero-order chi connectivity index (χ0) is 21.6. The summed E-state index contributed by atoms with van der Waals surface area (Å²) in [5, 5.41) is 5.29. The molecule has 6 nitrogen and oxygen atoms in total. The number of rotatable bonds is 7. The Balaban J connectivity index is 2.00. The average molecular weight is 409 g/mol. The molecule has 0 aliphatic rings. The zero-order valence-corrected chi connectivity index (χ0v) is 16.2. The van der Waals surface area contributed by atoms with Gasteiger partial charge < -0.3 is 15.4 Å². The van der Waals surface area contributed by atoms with Gasteiger partial charge in [0.2, 0.25) is 11.8 Å². The lowest BCUT2D eigenvalue weighted by Gasteiger charge is -2.21. The van der Waals surface area contributed by atoms with E-state index in [1.807, 2.05) is 6.92 Å². The maximum Gasteiger partial charge on any atom is 0.422 e. The summed E-state index contributed by atoms with van der Waals surface area (Å²) < 4.78 is 41.0. The minimum atomic E-state index is -4.46. The number of alkyl halides is 3. The molecule has 1 unspecified atom stereocenters. The second kappa shape index (κ2) is 9.40. The molecule has 9 heteroatoms. The summed E-state index contributed by atoms with van der Waals surface area (Å²) in [4.78, 5) is 28.7. The molecule has 1 aromatic carbocycles. The van der Waals surface area contributed by atoms with Gasteiger partial charge in [0.1, 0.15) is 6.04 Å². The van der Waals surface area contributed by atoms with Crippen molar-refractivity contribution in [1.29, 1.82) is 0 Å². The topological polar surface area (TPSA) is 80.3 Å². The number of pyridine rings is 1. The van der Waals surface area contributed by atoms with Crippen LogP contribution in [-0.4, -0.2) is 35.6 Å². The third kappa shape index (κ3) is 7.10. The number of hydrogen-bond acceptors (Lipinski definition) is 4. The molecule has 1 atom stereocenters. The first kappa shape index (κ1) is 22.2. The number of carbonyl (C=O) groups is 2. The molecule has 156 valence electrons. The van der Waals surface area contributed by atoms with Crippen LogP contribution < -0.4 is 15.4 Å². The van der Waals surface area contributed by atoms with E-state index in [1.165, 1.54) is 18.3 Å². The summed E-state index contributed by atoms with van der Waals surface area (Å²) in [6, 6.07) is 8.71. The highest BCUT2D eigenvalue weighted by molar-refractivity contribution is 6.01. The molecule has 29 heavy (non-hydrogen) atoms. The fourth-order valence-corrected chi connectivity index (χ4v) is 2.38. The Morgan fingerprint density at radius 3 is 2.28 bits per heavy atom. The number of nitrogens with one attached hydrogen (secondary N) is 2. The molecule has 2 rings (SSSR count). The first-order valence-corrected chi connectivity index (χ1v) is 8.89. The average Bonchev–Trinajstić information content (AvgIpc) is 2.65. The Kier molecular flexibility index (Phi) is 7.19. The first-order valence-electron chi connectivity index (χ1n) is 8.89. The van der Waals surface area contributed by atoms with Crippen molar-refractivity contribution in [2.45, 2.75) is 33.0 Å². The maximum absolute atomic E-state index is 12.6. The molecule has 0 saturated carbocycles. The van der Waals surface area contributed by atoms with Gasteiger partial charge in [-0.3, -0.25) is 9.59 Å². The minimum absolute atomic E-state index is 0.202. The van der Waals surface area contributed by atoms with Gasteiger partial charge in [-0.15, -0.1) is 0 Å². The van der Waals surface area contributed by atoms with Gasteiger partial charge in [0.15, 0.2) is 6.61 Å². The summed E-state index contributed by atoms with van der Waals surface area (Å²) >= 11 is 0. The van der Waals surface area contributed by atoms with Gasteiger partial charge in [-0.25, -0.2) is 4.98 Å². The van der Waals surface area contributed by atoms with E-state index in [2.05, 4.69) is 20.4 Å². The smallest absolute Gasteiger partial charge is 0.422 e. The van der Waals surface area contributed by atoms with E-state index in [1.54, 1.807) is 38.1 Å². The van der Waals surface area contributed by atoms with Crippen molar-refractivity contribution in [3.63, 3.8) is 0 Å². The van der Waals surface area contributed by atoms with Crippen LogP contribution in [0.4, 0.5) is 18.9 Å². The Morgan fingerprint density at radius 1 is 1.10 bits per heavy atom. The summed E-state index contributed by atoms with van der Waals surface area (Å²) in [5.74, 6) is -1.26. The SMILES string of the molecule is Cc1ccc(C(=O)NC(C(=O)Nc2ccc(OCC(F)(F)F)nc2)C(C)C)cc1. The molecule has 0 aliphatic heterocycles. The van der Waals surface area contributed by atoms with Gasteiger partial charge in [0, 0.05) is 11.6 Å². The second-order valence-electron chi connectivity index (χ2n) is 6.84. The minimum Gasteiger partial charge on any atom is -0.468 e. The van der Waals surface area contributed by atoms with E-state index in [0.717, 1.165) is 5.56 Å². The lowest BCUT2D eigenvalue weighted by molar-refractivity contribution is -0.154. The van der Waals surface area contributed by atoms with Gasteiger partial charge >= 0.3 is 6.18 Å². The lowest BCUT2D eigenvalue weighted by atomic mass is 10.0. The van der Waals surface area contributed by atoms with Crippen LogP contribution in [0.5, 0.6) is 5.88 Å². The Bertz CT molecular complexity index is 835. The summed E-state index contributed by atoms with van der Waals surface area (Å²) in [6.45, 7) is 4.02. The largest absolute Gasteiger partial charge is 0.468 e. The molecule has 0 fully saturated rings. The van der Waals surface area contributed by atoms with Crippen LogP contribution in [-0.2, 0) is 4.79 Å². The van der Waals surface area contributed by atoms with Crippen molar-refractivity contribution in [3.8, 4) is 5.88 Å². The lowest BCUT2D eigenvalue weighted by Crippen LogP contribution is -2.47. The van der Waals surface area contributed by atoms with Crippen LogP contribution in [0.25, 0.3) is 0 Å². The van der Waals surface area contributed by atoms with Crippen LogP contribution in [0.2, 0.25) is 0 Å². The maximum atomic E-state index is 12.6. The van der Waals surface area contributed by atoms with Crippen molar-refractivity contribution in [3.05, 3.63) is 53.7 Å². The summed E-state index contributed by atoms with van der Waals surface area (Å²) in [6.07, 6.45) is -3.28. The monoisotopic (exact) mass is 409 g/mol. The van der Waals surface area contributed by atoms with Gasteiger partial charge in [0.25, 0.3) is 5.91 Å². The fourth-order valence-electron chi connectivity index (χ4n) is 2.38. The van der Waals surface area contributed by atoms with Gasteiger partial charge in [-0.05, 0) is 31.0 Å². The number of halogens is 3. The molecule has 0 radical (unpaired) electrons. The van der Waals surface area contributed by atoms with E-state index in [0.29, 0.717) is 5.56 Å². The molecule has 2 N–H and O–H groups in total. The normalized spacial score (nSPS) is 12.4. The molecule has 0 aliphatic carbocycles. The molecule has 0 bridgehead atoms. The van der Waals surface area contributed by atoms with Crippen molar-refractivity contribution in [1.82, 2.24) is 10.3 Å². The van der Waals surface area contributed by atoms with Crippen LogP contribution in [0.15, 0.2) is 42.6 Å². The highest BCUT2D eigenvalue weighted by Gasteiger charge is 2.29. The number of aryl methyl sites for hydroxylation is 1. The molecule has 1 aromatic heterocycles. The number of ether oxygens (including phenoxy) is 1. The number of nitrogens with zero attached hydrogens (tertiary/aromatic N) is 1. The number of aromatic nitrogens is 1. The highest BCUT2D eigenvalue weighted by atomic mass is 19.4. The molecule has 1 heterocycles. The molecule has 0 spiro atoms. The molecule has 0 saturated heterocycles.